The smallest absolute Gasteiger partial charge is 0.341 e. The van der Waals surface area contributed by atoms with Crippen LogP contribution in [0, 0.1) is 0 Å². The molecule has 13 heteroatoms. The second-order valence-electron chi connectivity index (χ2n) is 8.12. The number of tetrazole rings is 1. The third-order valence-corrected chi connectivity index (χ3v) is 6.08. The normalized spacial score (nSPS) is 24.2. The summed E-state index contributed by atoms with van der Waals surface area (Å²) >= 11 is 0. The van der Waals surface area contributed by atoms with Gasteiger partial charge < -0.3 is 34.1 Å². The minimum atomic E-state index is -1.18. The van der Waals surface area contributed by atoms with E-state index in [0.717, 1.165) is 0 Å². The summed E-state index contributed by atoms with van der Waals surface area (Å²) in [5.41, 5.74) is -0.0115. The van der Waals surface area contributed by atoms with Crippen LogP contribution in [0.25, 0.3) is 0 Å². The van der Waals surface area contributed by atoms with Crippen molar-refractivity contribution in [3.8, 4) is 23.3 Å². The molecule has 3 aliphatic heterocycles. The van der Waals surface area contributed by atoms with Crippen LogP contribution >= 0.6 is 0 Å². The molecule has 1 aromatic heterocycles. The van der Waals surface area contributed by atoms with Crippen molar-refractivity contribution in [2.24, 2.45) is 0 Å². The van der Waals surface area contributed by atoms with E-state index < -0.39 is 36.2 Å². The van der Waals surface area contributed by atoms with E-state index in [1.54, 1.807) is 30.3 Å². The molecule has 1 amide bonds. The first kappa shape index (κ1) is 21.3. The number of amides is 1. The number of carboxylic acid groups (broad SMARTS) is 1. The number of aromatic carboxylic acids is 1. The highest BCUT2D eigenvalue weighted by Crippen LogP contribution is 2.38. The van der Waals surface area contributed by atoms with Gasteiger partial charge in [-0.15, -0.1) is 0 Å². The Morgan fingerprint density at radius 1 is 1.03 bits per heavy atom. The maximum Gasteiger partial charge on any atom is 0.341 e. The Morgan fingerprint density at radius 2 is 1.83 bits per heavy atom. The van der Waals surface area contributed by atoms with Gasteiger partial charge >= 0.3 is 12.0 Å². The third kappa shape index (κ3) is 3.80. The van der Waals surface area contributed by atoms with Crippen LogP contribution in [0.2, 0.25) is 0 Å². The largest absolute Gasteiger partial charge is 0.478 e. The van der Waals surface area contributed by atoms with Crippen molar-refractivity contribution >= 4 is 11.9 Å². The molecule has 2 saturated heterocycles. The van der Waals surface area contributed by atoms with E-state index in [4.69, 9.17) is 23.7 Å². The molecule has 4 heterocycles. The van der Waals surface area contributed by atoms with Gasteiger partial charge in [-0.2, -0.15) is 4.68 Å². The number of carboxylic acids is 1. The lowest BCUT2D eigenvalue weighted by molar-refractivity contribution is 0.0605. The molecule has 0 aliphatic carbocycles. The van der Waals surface area contributed by atoms with E-state index in [0.29, 0.717) is 17.2 Å². The molecule has 2 aromatic carbocycles. The van der Waals surface area contributed by atoms with Gasteiger partial charge in [0.25, 0.3) is 5.91 Å². The van der Waals surface area contributed by atoms with Crippen molar-refractivity contribution in [1.82, 2.24) is 25.5 Å². The second-order valence-corrected chi connectivity index (χ2v) is 8.12. The van der Waals surface area contributed by atoms with Gasteiger partial charge in [0, 0.05) is 6.07 Å². The van der Waals surface area contributed by atoms with Gasteiger partial charge in [-0.1, -0.05) is 17.2 Å². The lowest BCUT2D eigenvalue weighted by Gasteiger charge is -2.18. The van der Waals surface area contributed by atoms with Crippen LogP contribution in [0.5, 0.6) is 23.3 Å². The molecule has 3 aliphatic rings. The molecule has 0 radical (unpaired) electrons. The standard InChI is InChI=1S/C22H19N5O8/c28-20(12-3-1-2-4-13(12)21(29)30)23-14-8-31-19-15(9-32-18(14)19)27-22(24-25-26-27)35-11-5-6-16-17(7-11)34-10-33-16/h1-7,14-15,18-19H,8-10H2,(H,23,28)(H,29,30). The summed E-state index contributed by atoms with van der Waals surface area (Å²) in [7, 11) is 0. The first-order chi connectivity index (χ1) is 17.1. The first-order valence-corrected chi connectivity index (χ1v) is 10.8. The molecule has 4 unspecified atom stereocenters. The molecule has 3 aromatic rings. The number of benzene rings is 2. The zero-order valence-electron chi connectivity index (χ0n) is 18.1. The van der Waals surface area contributed by atoms with E-state index in [1.165, 1.54) is 16.8 Å². The van der Waals surface area contributed by atoms with E-state index in [-0.39, 0.29) is 37.1 Å². The Morgan fingerprint density at radius 3 is 2.69 bits per heavy atom. The molecule has 35 heavy (non-hydrogen) atoms. The van der Waals surface area contributed by atoms with Crippen LogP contribution in [0.15, 0.2) is 42.5 Å². The molecular weight excluding hydrogens is 462 g/mol. The summed E-state index contributed by atoms with van der Waals surface area (Å²) in [5, 5.41) is 24.0. The average molecular weight is 481 g/mol. The quantitative estimate of drug-likeness (QED) is 0.518. The van der Waals surface area contributed by atoms with Crippen LogP contribution < -0.4 is 19.5 Å². The molecule has 180 valence electrons. The Balaban J connectivity index is 1.16. The van der Waals surface area contributed by atoms with Gasteiger partial charge in [0.15, 0.2) is 11.5 Å². The molecule has 13 nitrogen and oxygen atoms in total. The Kier molecular flexibility index (Phi) is 5.19. The topological polar surface area (TPSA) is 156 Å². The molecule has 2 N–H and O–H groups in total. The molecule has 0 saturated carbocycles. The van der Waals surface area contributed by atoms with Crippen molar-refractivity contribution in [2.45, 2.75) is 24.3 Å². The van der Waals surface area contributed by atoms with Gasteiger partial charge in [-0.3, -0.25) is 4.79 Å². The SMILES string of the molecule is O=C(O)c1ccccc1C(=O)NC1COC2C1OCC2n1nnnc1Oc1ccc2c(c1)OCO2. The molecular formula is C22H19N5O8. The lowest BCUT2D eigenvalue weighted by atomic mass is 10.0. The number of carbonyl (C=O) groups excluding carboxylic acids is 1. The maximum atomic E-state index is 12.8. The van der Waals surface area contributed by atoms with Crippen LogP contribution in [0.3, 0.4) is 0 Å². The van der Waals surface area contributed by atoms with Gasteiger partial charge in [0.1, 0.15) is 24.0 Å². The fourth-order valence-corrected chi connectivity index (χ4v) is 4.43. The Hall–Kier alpha value is -4.23. The van der Waals surface area contributed by atoms with Crippen molar-refractivity contribution in [2.75, 3.05) is 20.0 Å². The summed E-state index contributed by atoms with van der Waals surface area (Å²) in [6.07, 6.45) is -0.916. The zero-order chi connectivity index (χ0) is 23.9. The van der Waals surface area contributed by atoms with E-state index >= 15 is 0 Å². The van der Waals surface area contributed by atoms with Gasteiger partial charge in [-0.25, -0.2) is 4.79 Å². The summed E-state index contributed by atoms with van der Waals surface area (Å²) in [4.78, 5) is 24.3. The van der Waals surface area contributed by atoms with E-state index in [9.17, 15) is 14.7 Å². The molecule has 4 atom stereocenters. The van der Waals surface area contributed by atoms with Gasteiger partial charge in [0.05, 0.1) is 30.4 Å². The molecule has 2 fully saturated rings. The maximum absolute atomic E-state index is 12.8. The third-order valence-electron chi connectivity index (χ3n) is 6.08. The predicted octanol–water partition coefficient (Wildman–Crippen LogP) is 1.03. The summed E-state index contributed by atoms with van der Waals surface area (Å²) in [6.45, 7) is 0.569. The second kappa shape index (κ2) is 8.52. The number of nitrogens with zero attached hydrogens (tertiary/aromatic N) is 4. The number of hydrogen-bond donors (Lipinski definition) is 2. The van der Waals surface area contributed by atoms with E-state index in [2.05, 4.69) is 20.8 Å². The van der Waals surface area contributed by atoms with E-state index in [1.807, 2.05) is 0 Å². The van der Waals surface area contributed by atoms with Crippen LogP contribution in [0.1, 0.15) is 26.8 Å². The number of carbonyl (C=O) groups is 2. The Labute approximate surface area is 197 Å². The van der Waals surface area contributed by atoms with Crippen LogP contribution in [0.4, 0.5) is 0 Å². The summed E-state index contributed by atoms with van der Waals surface area (Å²) < 4.78 is 29.9. The minimum Gasteiger partial charge on any atom is -0.478 e. The van der Waals surface area contributed by atoms with Crippen molar-refractivity contribution in [3.63, 3.8) is 0 Å². The number of ether oxygens (including phenoxy) is 5. The summed E-state index contributed by atoms with van der Waals surface area (Å²) in [6, 6.07) is 10.4. The number of rotatable bonds is 6. The molecule has 0 bridgehead atoms. The average Bonchev–Trinajstić information content (AvgIpc) is 3.65. The highest BCUT2D eigenvalue weighted by molar-refractivity contribution is 6.04. The summed E-state index contributed by atoms with van der Waals surface area (Å²) in [5.74, 6) is -0.0357. The molecule has 6 rings (SSSR count). The van der Waals surface area contributed by atoms with Crippen molar-refractivity contribution in [1.29, 1.82) is 0 Å². The highest BCUT2D eigenvalue weighted by Gasteiger charge is 2.50. The number of aromatic nitrogens is 4. The predicted molar refractivity (Wildman–Crippen MR) is 114 cm³/mol. The zero-order valence-corrected chi connectivity index (χ0v) is 18.1. The minimum absolute atomic E-state index is 0.0675. The first-order valence-electron chi connectivity index (χ1n) is 10.8. The van der Waals surface area contributed by atoms with Crippen molar-refractivity contribution in [3.05, 3.63) is 53.6 Å². The monoisotopic (exact) mass is 481 g/mol. The number of fused-ring (bicyclic) bond motifs is 2. The molecule has 0 spiro atoms. The van der Waals surface area contributed by atoms with Gasteiger partial charge in [-0.05, 0) is 34.7 Å². The highest BCUT2D eigenvalue weighted by atomic mass is 16.7. The Bertz CT molecular complexity index is 1300. The van der Waals surface area contributed by atoms with Crippen molar-refractivity contribution < 1.29 is 38.4 Å². The fraction of sp³-hybridized carbons (Fsp3) is 0.318. The number of hydrogen-bond acceptors (Lipinski definition) is 10. The number of nitrogens with one attached hydrogen (secondary N) is 1. The fourth-order valence-electron chi connectivity index (χ4n) is 4.43. The van der Waals surface area contributed by atoms with Crippen LogP contribution in [-0.2, 0) is 9.47 Å². The van der Waals surface area contributed by atoms with Gasteiger partial charge in [0.2, 0.25) is 6.79 Å². The van der Waals surface area contributed by atoms with Crippen LogP contribution in [-0.4, -0.2) is 75.4 Å². The lowest BCUT2D eigenvalue weighted by Crippen LogP contribution is -2.44.